The fraction of sp³-hybridized carbons (Fsp3) is 0.308. The van der Waals surface area contributed by atoms with E-state index in [0.29, 0.717) is 0 Å². The fourth-order valence-corrected chi connectivity index (χ4v) is 2.22. The Morgan fingerprint density at radius 2 is 2.19 bits per heavy atom. The Balaban J connectivity index is 1.74. The van der Waals surface area contributed by atoms with Crippen LogP contribution in [0.5, 0.6) is 0 Å². The van der Waals surface area contributed by atoms with E-state index < -0.39 is 0 Å². The van der Waals surface area contributed by atoms with Gasteiger partial charge < -0.3 is 5.32 Å². The molecule has 0 amide bonds. The lowest BCUT2D eigenvalue weighted by Gasteiger charge is -2.06. The number of rotatable bonds is 5. The van der Waals surface area contributed by atoms with Crippen LogP contribution in [0.15, 0.2) is 36.0 Å². The van der Waals surface area contributed by atoms with Gasteiger partial charge in [-0.2, -0.15) is 0 Å². The van der Waals surface area contributed by atoms with Crippen LogP contribution in [0, 0.1) is 6.92 Å². The molecule has 1 N–H and O–H groups in total. The molecule has 2 nitrogen and oxygen atoms in total. The highest BCUT2D eigenvalue weighted by molar-refractivity contribution is 7.09. The molecule has 0 aliphatic carbocycles. The number of hydrogen-bond donors (Lipinski definition) is 1. The van der Waals surface area contributed by atoms with Gasteiger partial charge in [-0.05, 0) is 31.0 Å². The normalized spacial score (nSPS) is 10.6. The van der Waals surface area contributed by atoms with E-state index in [-0.39, 0.29) is 0 Å². The molecule has 0 spiro atoms. The standard InChI is InChI=1S/C13H16N2S/c1-11-4-2-3-5-12(11)6-7-14-8-13-9-15-10-16-13/h2-5,9-10,14H,6-8H2,1H3. The molecule has 0 bridgehead atoms. The zero-order valence-corrected chi connectivity index (χ0v) is 10.3. The number of benzene rings is 1. The first-order valence-corrected chi connectivity index (χ1v) is 6.37. The largest absolute Gasteiger partial charge is 0.311 e. The molecule has 1 heterocycles. The van der Waals surface area contributed by atoms with Gasteiger partial charge in [0.2, 0.25) is 0 Å². The Bertz CT molecular complexity index is 423. The summed E-state index contributed by atoms with van der Waals surface area (Å²) in [6.45, 7) is 4.11. The first kappa shape index (κ1) is 11.3. The summed E-state index contributed by atoms with van der Waals surface area (Å²) in [7, 11) is 0. The molecule has 1 aromatic carbocycles. The average Bonchev–Trinajstić information content (AvgIpc) is 2.79. The number of nitrogens with one attached hydrogen (secondary N) is 1. The van der Waals surface area contributed by atoms with Crippen molar-refractivity contribution in [2.24, 2.45) is 0 Å². The molecule has 16 heavy (non-hydrogen) atoms. The molecule has 0 saturated carbocycles. The minimum Gasteiger partial charge on any atom is -0.311 e. The second kappa shape index (κ2) is 5.77. The summed E-state index contributed by atoms with van der Waals surface area (Å²) in [5.41, 5.74) is 4.68. The maximum Gasteiger partial charge on any atom is 0.0794 e. The van der Waals surface area contributed by atoms with Crippen LogP contribution in [-0.4, -0.2) is 11.5 Å². The molecule has 2 rings (SSSR count). The third kappa shape index (κ3) is 3.15. The number of hydrogen-bond acceptors (Lipinski definition) is 3. The summed E-state index contributed by atoms with van der Waals surface area (Å²) in [5, 5.41) is 3.43. The molecule has 0 atom stereocenters. The predicted molar refractivity (Wildman–Crippen MR) is 68.7 cm³/mol. The second-order valence-electron chi connectivity index (χ2n) is 3.82. The highest BCUT2D eigenvalue weighted by Gasteiger charge is 1.97. The van der Waals surface area contributed by atoms with Gasteiger partial charge in [0.25, 0.3) is 0 Å². The van der Waals surface area contributed by atoms with E-state index in [4.69, 9.17) is 0 Å². The van der Waals surface area contributed by atoms with E-state index in [1.807, 2.05) is 11.7 Å². The Morgan fingerprint density at radius 1 is 1.31 bits per heavy atom. The summed E-state index contributed by atoms with van der Waals surface area (Å²) in [6, 6.07) is 8.55. The monoisotopic (exact) mass is 232 g/mol. The number of thiazole rings is 1. The average molecular weight is 232 g/mol. The van der Waals surface area contributed by atoms with Gasteiger partial charge >= 0.3 is 0 Å². The number of aryl methyl sites for hydroxylation is 1. The van der Waals surface area contributed by atoms with Crippen LogP contribution in [0.3, 0.4) is 0 Å². The van der Waals surface area contributed by atoms with Crippen LogP contribution in [0.1, 0.15) is 16.0 Å². The Kier molecular flexibility index (Phi) is 4.08. The van der Waals surface area contributed by atoms with Crippen molar-refractivity contribution in [2.45, 2.75) is 19.9 Å². The lowest BCUT2D eigenvalue weighted by Crippen LogP contribution is -2.16. The topological polar surface area (TPSA) is 24.9 Å². The SMILES string of the molecule is Cc1ccccc1CCNCc1cncs1. The second-order valence-corrected chi connectivity index (χ2v) is 4.79. The summed E-state index contributed by atoms with van der Waals surface area (Å²) >= 11 is 1.70. The van der Waals surface area contributed by atoms with E-state index in [9.17, 15) is 0 Å². The highest BCUT2D eigenvalue weighted by atomic mass is 32.1. The molecule has 1 aromatic heterocycles. The van der Waals surface area contributed by atoms with E-state index in [2.05, 4.69) is 41.5 Å². The van der Waals surface area contributed by atoms with Crippen LogP contribution in [0.4, 0.5) is 0 Å². The van der Waals surface area contributed by atoms with Crippen molar-refractivity contribution in [3.05, 3.63) is 52.0 Å². The predicted octanol–water partition coefficient (Wildman–Crippen LogP) is 2.78. The third-order valence-corrected chi connectivity index (χ3v) is 3.39. The first-order chi connectivity index (χ1) is 7.86. The maximum absolute atomic E-state index is 4.05. The zero-order chi connectivity index (χ0) is 11.2. The Labute approximate surface area is 100 Å². The van der Waals surface area contributed by atoms with E-state index in [1.165, 1.54) is 16.0 Å². The van der Waals surface area contributed by atoms with Crippen molar-refractivity contribution in [1.82, 2.24) is 10.3 Å². The van der Waals surface area contributed by atoms with Crippen LogP contribution in [0.2, 0.25) is 0 Å². The van der Waals surface area contributed by atoms with Crippen molar-refractivity contribution >= 4 is 11.3 Å². The summed E-state index contributed by atoms with van der Waals surface area (Å²) in [5.74, 6) is 0. The summed E-state index contributed by atoms with van der Waals surface area (Å²) < 4.78 is 0. The molecule has 84 valence electrons. The molecular formula is C13H16N2S. The minimum absolute atomic E-state index is 0.927. The minimum atomic E-state index is 0.927. The smallest absolute Gasteiger partial charge is 0.0794 e. The fourth-order valence-electron chi connectivity index (χ4n) is 1.65. The van der Waals surface area contributed by atoms with Crippen molar-refractivity contribution < 1.29 is 0 Å². The maximum atomic E-state index is 4.05. The van der Waals surface area contributed by atoms with E-state index in [1.54, 1.807) is 11.3 Å². The molecular weight excluding hydrogens is 216 g/mol. The van der Waals surface area contributed by atoms with Crippen LogP contribution in [0.25, 0.3) is 0 Å². The van der Waals surface area contributed by atoms with Crippen molar-refractivity contribution in [1.29, 1.82) is 0 Å². The molecule has 0 fully saturated rings. The van der Waals surface area contributed by atoms with Crippen LogP contribution in [-0.2, 0) is 13.0 Å². The van der Waals surface area contributed by atoms with E-state index in [0.717, 1.165) is 19.5 Å². The zero-order valence-electron chi connectivity index (χ0n) is 9.44. The van der Waals surface area contributed by atoms with E-state index >= 15 is 0 Å². The van der Waals surface area contributed by atoms with Gasteiger partial charge in [-0.1, -0.05) is 24.3 Å². The van der Waals surface area contributed by atoms with Gasteiger partial charge in [-0.25, -0.2) is 0 Å². The van der Waals surface area contributed by atoms with Gasteiger partial charge in [0.15, 0.2) is 0 Å². The molecule has 2 aromatic rings. The summed E-state index contributed by atoms with van der Waals surface area (Å²) in [4.78, 5) is 5.35. The number of nitrogens with zero attached hydrogens (tertiary/aromatic N) is 1. The first-order valence-electron chi connectivity index (χ1n) is 5.49. The van der Waals surface area contributed by atoms with Gasteiger partial charge in [-0.15, -0.1) is 11.3 Å². The summed E-state index contributed by atoms with van der Waals surface area (Å²) in [6.07, 6.45) is 3.01. The molecule has 0 aliphatic heterocycles. The van der Waals surface area contributed by atoms with Gasteiger partial charge in [0.05, 0.1) is 5.51 Å². The number of aromatic nitrogens is 1. The van der Waals surface area contributed by atoms with Crippen molar-refractivity contribution in [2.75, 3.05) is 6.54 Å². The Hall–Kier alpha value is -1.19. The molecule has 0 aliphatic rings. The lowest BCUT2D eigenvalue weighted by molar-refractivity contribution is 0.691. The van der Waals surface area contributed by atoms with Gasteiger partial charge in [0.1, 0.15) is 0 Å². The molecule has 0 unspecified atom stereocenters. The highest BCUT2D eigenvalue weighted by Crippen LogP contribution is 2.07. The molecule has 3 heteroatoms. The Morgan fingerprint density at radius 3 is 2.94 bits per heavy atom. The lowest BCUT2D eigenvalue weighted by atomic mass is 10.1. The van der Waals surface area contributed by atoms with Gasteiger partial charge in [-0.3, -0.25) is 4.98 Å². The van der Waals surface area contributed by atoms with Crippen molar-refractivity contribution in [3.8, 4) is 0 Å². The molecule has 0 radical (unpaired) electrons. The molecule has 0 saturated heterocycles. The van der Waals surface area contributed by atoms with Gasteiger partial charge in [0, 0.05) is 17.6 Å². The third-order valence-electron chi connectivity index (χ3n) is 2.62. The quantitative estimate of drug-likeness (QED) is 0.802. The van der Waals surface area contributed by atoms with Crippen molar-refractivity contribution in [3.63, 3.8) is 0 Å². The van der Waals surface area contributed by atoms with Crippen LogP contribution < -0.4 is 5.32 Å². The van der Waals surface area contributed by atoms with Crippen LogP contribution >= 0.6 is 11.3 Å².